The second-order valence-corrected chi connectivity index (χ2v) is 4.25. The van der Waals surface area contributed by atoms with Crippen LogP contribution in [0.3, 0.4) is 0 Å². The fourth-order valence-electron chi connectivity index (χ4n) is 1.59. The van der Waals surface area contributed by atoms with E-state index in [0.29, 0.717) is 19.8 Å². The molecule has 2 N–H and O–H groups in total. The first-order chi connectivity index (χ1) is 8.76. The number of para-hydroxylation sites is 1. The molecule has 0 saturated heterocycles. The molecule has 0 aliphatic carbocycles. The van der Waals surface area contributed by atoms with E-state index in [1.807, 2.05) is 30.3 Å². The number of hydrogen-bond acceptors (Lipinski definition) is 4. The molecule has 1 rings (SSSR count). The molecule has 0 saturated carbocycles. The Morgan fingerprint density at radius 1 is 1.22 bits per heavy atom. The molecule has 1 aromatic rings. The van der Waals surface area contributed by atoms with E-state index in [4.69, 9.17) is 9.47 Å². The van der Waals surface area contributed by atoms with Gasteiger partial charge in [-0.2, -0.15) is 0 Å². The van der Waals surface area contributed by atoms with Crippen LogP contribution >= 0.6 is 0 Å². The number of aliphatic hydroxyl groups excluding tert-OH is 1. The molecule has 0 aliphatic rings. The van der Waals surface area contributed by atoms with Gasteiger partial charge < -0.3 is 19.9 Å². The predicted octanol–water partition coefficient (Wildman–Crippen LogP) is 1.44. The third-order valence-corrected chi connectivity index (χ3v) is 2.69. The van der Waals surface area contributed by atoms with Crippen LogP contribution in [0.4, 0.5) is 0 Å². The lowest BCUT2D eigenvalue weighted by molar-refractivity contribution is 0.0953. The molecule has 1 aromatic carbocycles. The Morgan fingerprint density at radius 3 is 2.56 bits per heavy atom. The van der Waals surface area contributed by atoms with Crippen molar-refractivity contribution in [1.29, 1.82) is 0 Å². The minimum absolute atomic E-state index is 0.279. The highest BCUT2D eigenvalue weighted by Gasteiger charge is 2.09. The van der Waals surface area contributed by atoms with Gasteiger partial charge >= 0.3 is 0 Å². The molecule has 0 radical (unpaired) electrons. The highest BCUT2D eigenvalue weighted by Crippen LogP contribution is 2.08. The fourth-order valence-corrected chi connectivity index (χ4v) is 1.59. The number of nitrogens with one attached hydrogen (secondary N) is 1. The van der Waals surface area contributed by atoms with Gasteiger partial charge in [0.05, 0.1) is 6.61 Å². The summed E-state index contributed by atoms with van der Waals surface area (Å²) in [6.07, 6.45) is 0.455. The second-order valence-electron chi connectivity index (χ2n) is 4.25. The maximum atomic E-state index is 9.79. The van der Waals surface area contributed by atoms with Gasteiger partial charge in [0.25, 0.3) is 0 Å². The van der Waals surface area contributed by atoms with Gasteiger partial charge in [0.2, 0.25) is 0 Å². The van der Waals surface area contributed by atoms with E-state index >= 15 is 0 Å². The number of aliphatic hydroxyl groups is 1. The van der Waals surface area contributed by atoms with Crippen LogP contribution in [0, 0.1) is 0 Å². The zero-order valence-corrected chi connectivity index (χ0v) is 11.1. The van der Waals surface area contributed by atoms with Crippen molar-refractivity contribution in [2.24, 2.45) is 0 Å². The summed E-state index contributed by atoms with van der Waals surface area (Å²) in [5.74, 6) is 0.778. The van der Waals surface area contributed by atoms with Crippen molar-refractivity contribution in [3.63, 3.8) is 0 Å². The van der Waals surface area contributed by atoms with Crippen LogP contribution in [-0.4, -0.2) is 44.1 Å². The molecule has 0 heterocycles. The van der Waals surface area contributed by atoms with E-state index in [1.165, 1.54) is 0 Å². The normalized spacial score (nSPS) is 14.2. The van der Waals surface area contributed by atoms with E-state index in [9.17, 15) is 5.11 Å². The Hall–Kier alpha value is -1.10. The molecule has 0 aromatic heterocycles. The van der Waals surface area contributed by atoms with Crippen molar-refractivity contribution in [2.75, 3.05) is 26.9 Å². The average Bonchev–Trinajstić information content (AvgIpc) is 2.42. The highest BCUT2D eigenvalue weighted by atomic mass is 16.5. The summed E-state index contributed by atoms with van der Waals surface area (Å²) in [4.78, 5) is 0. The summed E-state index contributed by atoms with van der Waals surface area (Å²) in [6.45, 7) is 3.54. The second kappa shape index (κ2) is 8.91. The van der Waals surface area contributed by atoms with E-state index < -0.39 is 6.10 Å². The maximum Gasteiger partial charge on any atom is 0.119 e. The first-order valence-corrected chi connectivity index (χ1v) is 6.34. The Balaban J connectivity index is 2.19. The molecule has 18 heavy (non-hydrogen) atoms. The minimum atomic E-state index is -0.517. The van der Waals surface area contributed by atoms with Crippen LogP contribution in [0.2, 0.25) is 0 Å². The van der Waals surface area contributed by atoms with Crippen molar-refractivity contribution in [1.82, 2.24) is 5.32 Å². The molecule has 0 amide bonds. The summed E-state index contributed by atoms with van der Waals surface area (Å²) >= 11 is 0. The monoisotopic (exact) mass is 253 g/mol. The van der Waals surface area contributed by atoms with Crippen LogP contribution in [-0.2, 0) is 4.74 Å². The molecule has 0 spiro atoms. The maximum absolute atomic E-state index is 9.79. The predicted molar refractivity (Wildman–Crippen MR) is 71.9 cm³/mol. The molecular weight excluding hydrogens is 230 g/mol. The van der Waals surface area contributed by atoms with Crippen molar-refractivity contribution in [2.45, 2.75) is 25.5 Å². The van der Waals surface area contributed by atoms with Crippen molar-refractivity contribution >= 4 is 0 Å². The molecule has 0 aliphatic heterocycles. The van der Waals surface area contributed by atoms with Crippen LogP contribution < -0.4 is 10.1 Å². The van der Waals surface area contributed by atoms with E-state index in [-0.39, 0.29) is 6.04 Å². The summed E-state index contributed by atoms with van der Waals surface area (Å²) in [5, 5.41) is 13.0. The van der Waals surface area contributed by atoms with Gasteiger partial charge in [-0.1, -0.05) is 25.1 Å². The van der Waals surface area contributed by atoms with Gasteiger partial charge in [-0.15, -0.1) is 0 Å². The highest BCUT2D eigenvalue weighted by molar-refractivity contribution is 5.20. The van der Waals surface area contributed by atoms with Gasteiger partial charge in [0.1, 0.15) is 18.5 Å². The summed E-state index contributed by atoms with van der Waals surface area (Å²) in [6, 6.07) is 9.78. The van der Waals surface area contributed by atoms with Crippen molar-refractivity contribution in [3.8, 4) is 5.75 Å². The standard InChI is InChI=1S/C14H23NO3/c1-3-12(10-17-2)15-9-13(16)11-18-14-7-5-4-6-8-14/h4-8,12-13,15-16H,3,9-11H2,1-2H3. The number of rotatable bonds is 9. The Labute approximate surface area is 109 Å². The van der Waals surface area contributed by atoms with E-state index in [1.54, 1.807) is 7.11 Å². The largest absolute Gasteiger partial charge is 0.491 e. The molecule has 2 atom stereocenters. The molecular formula is C14H23NO3. The summed E-state index contributed by atoms with van der Waals surface area (Å²) in [5.41, 5.74) is 0. The molecule has 102 valence electrons. The van der Waals surface area contributed by atoms with Crippen molar-refractivity contribution < 1.29 is 14.6 Å². The van der Waals surface area contributed by atoms with Gasteiger partial charge in [-0.3, -0.25) is 0 Å². The van der Waals surface area contributed by atoms with Crippen molar-refractivity contribution in [3.05, 3.63) is 30.3 Å². The first-order valence-electron chi connectivity index (χ1n) is 6.34. The number of benzene rings is 1. The third-order valence-electron chi connectivity index (χ3n) is 2.69. The van der Waals surface area contributed by atoms with Crippen LogP contribution in [0.5, 0.6) is 5.75 Å². The van der Waals surface area contributed by atoms with Gasteiger partial charge in [-0.25, -0.2) is 0 Å². The molecule has 4 heteroatoms. The van der Waals surface area contributed by atoms with E-state index in [0.717, 1.165) is 12.2 Å². The third kappa shape index (κ3) is 6.00. The lowest BCUT2D eigenvalue weighted by Crippen LogP contribution is -2.39. The Bertz CT molecular complexity index is 305. The summed E-state index contributed by atoms with van der Waals surface area (Å²) in [7, 11) is 1.68. The minimum Gasteiger partial charge on any atom is -0.491 e. The van der Waals surface area contributed by atoms with E-state index in [2.05, 4.69) is 12.2 Å². The first kappa shape index (κ1) is 15.0. The summed E-state index contributed by atoms with van der Waals surface area (Å²) < 4.78 is 10.6. The fraction of sp³-hybridized carbons (Fsp3) is 0.571. The lowest BCUT2D eigenvalue weighted by atomic mass is 10.2. The number of methoxy groups -OCH3 is 1. The molecule has 0 bridgehead atoms. The number of ether oxygens (including phenoxy) is 2. The van der Waals surface area contributed by atoms with Crippen LogP contribution in [0.1, 0.15) is 13.3 Å². The Morgan fingerprint density at radius 2 is 1.94 bits per heavy atom. The topological polar surface area (TPSA) is 50.7 Å². The zero-order chi connectivity index (χ0) is 13.2. The van der Waals surface area contributed by atoms with Crippen LogP contribution in [0.25, 0.3) is 0 Å². The van der Waals surface area contributed by atoms with Gasteiger partial charge in [0, 0.05) is 19.7 Å². The quantitative estimate of drug-likeness (QED) is 0.699. The lowest BCUT2D eigenvalue weighted by Gasteiger charge is -2.19. The Kier molecular flexibility index (Phi) is 7.41. The van der Waals surface area contributed by atoms with Crippen LogP contribution in [0.15, 0.2) is 30.3 Å². The smallest absolute Gasteiger partial charge is 0.119 e. The average molecular weight is 253 g/mol. The molecule has 2 unspecified atom stereocenters. The molecule has 0 fully saturated rings. The molecule has 4 nitrogen and oxygen atoms in total. The zero-order valence-electron chi connectivity index (χ0n) is 11.1. The SMILES string of the molecule is CCC(COC)NCC(O)COc1ccccc1. The number of hydrogen-bond donors (Lipinski definition) is 2. The van der Waals surface area contributed by atoms with Gasteiger partial charge in [-0.05, 0) is 18.6 Å². The van der Waals surface area contributed by atoms with Gasteiger partial charge in [0.15, 0.2) is 0 Å².